The Bertz CT molecular complexity index is 704. The Morgan fingerprint density at radius 3 is 2.52 bits per heavy atom. The lowest BCUT2D eigenvalue weighted by molar-refractivity contribution is -0.125. The van der Waals surface area contributed by atoms with Crippen LogP contribution in [-0.4, -0.2) is 29.9 Å². The average molecular weight is 333 g/mol. The van der Waals surface area contributed by atoms with Gasteiger partial charge in [-0.15, -0.1) is 0 Å². The zero-order chi connectivity index (χ0) is 16.4. The van der Waals surface area contributed by atoms with Crippen molar-refractivity contribution in [3.05, 3.63) is 64.9 Å². The maximum Gasteiger partial charge on any atom is 0.244 e. The number of hydrogen-bond acceptors (Lipinski definition) is 2. The number of nitrogens with zero attached hydrogens (tertiary/aromatic N) is 2. The predicted octanol–water partition coefficient (Wildman–Crippen LogP) is 3.72. The summed E-state index contributed by atoms with van der Waals surface area (Å²) in [5, 5.41) is 0.646. The summed E-state index contributed by atoms with van der Waals surface area (Å²) in [5.74, 6) is -0.206. The third kappa shape index (κ3) is 3.38. The first-order chi connectivity index (χ1) is 11.1. The van der Waals surface area contributed by atoms with Crippen LogP contribution in [0.25, 0.3) is 0 Å². The Morgan fingerprint density at radius 2 is 1.83 bits per heavy atom. The molecule has 2 aromatic rings. The van der Waals surface area contributed by atoms with E-state index in [1.54, 1.807) is 29.2 Å². The lowest BCUT2D eigenvalue weighted by atomic mass is 10.1. The van der Waals surface area contributed by atoms with E-state index in [1.165, 1.54) is 6.07 Å². The van der Waals surface area contributed by atoms with Gasteiger partial charge in [-0.1, -0.05) is 29.8 Å². The number of piperazine rings is 1. The normalized spacial score (nSPS) is 19.2. The van der Waals surface area contributed by atoms with Gasteiger partial charge in [0.2, 0.25) is 5.91 Å². The van der Waals surface area contributed by atoms with E-state index in [0.717, 1.165) is 5.69 Å². The second-order valence-electron chi connectivity index (χ2n) is 5.70. The van der Waals surface area contributed by atoms with Gasteiger partial charge in [0.25, 0.3) is 0 Å². The Morgan fingerprint density at radius 1 is 1.13 bits per heavy atom. The van der Waals surface area contributed by atoms with Crippen LogP contribution in [0.3, 0.4) is 0 Å². The van der Waals surface area contributed by atoms with Crippen LogP contribution in [0.5, 0.6) is 0 Å². The van der Waals surface area contributed by atoms with Crippen molar-refractivity contribution in [2.75, 3.05) is 18.0 Å². The predicted molar refractivity (Wildman–Crippen MR) is 90.1 cm³/mol. The highest BCUT2D eigenvalue weighted by Crippen LogP contribution is 2.23. The number of rotatable bonds is 3. The van der Waals surface area contributed by atoms with Gasteiger partial charge in [-0.05, 0) is 37.3 Å². The SMILES string of the molecule is CC1C(=O)N(c2ccc(Cl)cc2)CCN1Cc1ccccc1F. The van der Waals surface area contributed by atoms with Crippen molar-refractivity contribution < 1.29 is 9.18 Å². The van der Waals surface area contributed by atoms with E-state index in [1.807, 2.05) is 30.0 Å². The Labute approximate surface area is 140 Å². The molecule has 1 unspecified atom stereocenters. The van der Waals surface area contributed by atoms with E-state index < -0.39 is 0 Å². The second-order valence-corrected chi connectivity index (χ2v) is 6.14. The lowest BCUT2D eigenvalue weighted by Crippen LogP contribution is -2.55. The molecule has 2 aromatic carbocycles. The molecule has 23 heavy (non-hydrogen) atoms. The highest BCUT2D eigenvalue weighted by atomic mass is 35.5. The van der Waals surface area contributed by atoms with Crippen molar-refractivity contribution >= 4 is 23.2 Å². The number of benzene rings is 2. The molecule has 3 rings (SSSR count). The first kappa shape index (κ1) is 16.0. The van der Waals surface area contributed by atoms with Crippen molar-refractivity contribution in [1.82, 2.24) is 4.90 Å². The van der Waals surface area contributed by atoms with Crippen molar-refractivity contribution in [2.24, 2.45) is 0 Å². The summed E-state index contributed by atoms with van der Waals surface area (Å²) in [5.41, 5.74) is 1.46. The molecule has 0 N–H and O–H groups in total. The Balaban J connectivity index is 1.73. The second kappa shape index (κ2) is 6.69. The maximum atomic E-state index is 13.8. The summed E-state index contributed by atoms with van der Waals surface area (Å²) in [6.45, 7) is 3.59. The van der Waals surface area contributed by atoms with Crippen LogP contribution in [0.15, 0.2) is 48.5 Å². The molecular formula is C18H18ClFN2O. The van der Waals surface area contributed by atoms with Crippen molar-refractivity contribution in [1.29, 1.82) is 0 Å². The van der Waals surface area contributed by atoms with Gasteiger partial charge in [-0.2, -0.15) is 0 Å². The molecule has 0 spiro atoms. The van der Waals surface area contributed by atoms with Gasteiger partial charge in [-0.3, -0.25) is 9.69 Å². The fraction of sp³-hybridized carbons (Fsp3) is 0.278. The largest absolute Gasteiger partial charge is 0.310 e. The average Bonchev–Trinajstić information content (AvgIpc) is 2.55. The highest BCUT2D eigenvalue weighted by molar-refractivity contribution is 6.30. The third-order valence-corrected chi connectivity index (χ3v) is 4.50. The number of amides is 1. The summed E-state index contributed by atoms with van der Waals surface area (Å²) in [6, 6.07) is 13.7. The molecule has 5 heteroatoms. The molecule has 0 radical (unpaired) electrons. The van der Waals surface area contributed by atoms with Crippen molar-refractivity contribution in [3.8, 4) is 0 Å². The number of carbonyl (C=O) groups is 1. The summed E-state index contributed by atoms with van der Waals surface area (Å²) >= 11 is 5.90. The molecule has 1 atom stereocenters. The molecule has 1 aliphatic heterocycles. The molecule has 0 saturated carbocycles. The smallest absolute Gasteiger partial charge is 0.244 e. The summed E-state index contributed by atoms with van der Waals surface area (Å²) in [7, 11) is 0. The summed E-state index contributed by atoms with van der Waals surface area (Å²) in [4.78, 5) is 16.4. The molecule has 1 fully saturated rings. The van der Waals surface area contributed by atoms with Crippen LogP contribution in [0.2, 0.25) is 5.02 Å². The van der Waals surface area contributed by atoms with E-state index in [2.05, 4.69) is 0 Å². The lowest BCUT2D eigenvalue weighted by Gasteiger charge is -2.39. The number of carbonyl (C=O) groups excluding carboxylic acids is 1. The monoisotopic (exact) mass is 332 g/mol. The molecule has 120 valence electrons. The van der Waals surface area contributed by atoms with Crippen LogP contribution in [-0.2, 0) is 11.3 Å². The number of anilines is 1. The summed E-state index contributed by atoms with van der Waals surface area (Å²) in [6.07, 6.45) is 0. The molecule has 1 saturated heterocycles. The van der Waals surface area contributed by atoms with Crippen molar-refractivity contribution in [2.45, 2.75) is 19.5 Å². The van der Waals surface area contributed by atoms with E-state index in [0.29, 0.717) is 30.2 Å². The van der Waals surface area contributed by atoms with Gasteiger partial charge in [-0.25, -0.2) is 4.39 Å². The van der Waals surface area contributed by atoms with Gasteiger partial charge >= 0.3 is 0 Å². The van der Waals surface area contributed by atoms with E-state index in [9.17, 15) is 9.18 Å². The maximum absolute atomic E-state index is 13.8. The van der Waals surface area contributed by atoms with Gasteiger partial charge in [0.05, 0.1) is 6.04 Å². The van der Waals surface area contributed by atoms with Crippen LogP contribution >= 0.6 is 11.6 Å². The molecule has 0 aliphatic carbocycles. The molecule has 0 bridgehead atoms. The van der Waals surface area contributed by atoms with Gasteiger partial charge in [0, 0.05) is 35.9 Å². The minimum atomic E-state index is -0.293. The van der Waals surface area contributed by atoms with Gasteiger partial charge < -0.3 is 4.90 Å². The molecule has 0 aromatic heterocycles. The molecule has 3 nitrogen and oxygen atoms in total. The minimum absolute atomic E-state index is 0.0231. The van der Waals surface area contributed by atoms with Crippen LogP contribution in [0.4, 0.5) is 10.1 Å². The van der Waals surface area contributed by atoms with E-state index in [-0.39, 0.29) is 17.8 Å². The van der Waals surface area contributed by atoms with Gasteiger partial charge in [0.15, 0.2) is 0 Å². The standard InChI is InChI=1S/C18H18ClFN2O/c1-13-18(23)22(16-8-6-15(19)7-9-16)11-10-21(13)12-14-4-2-3-5-17(14)20/h2-9,13H,10-12H2,1H3. The Kier molecular flexibility index (Phi) is 4.64. The topological polar surface area (TPSA) is 23.6 Å². The van der Waals surface area contributed by atoms with Crippen LogP contribution in [0.1, 0.15) is 12.5 Å². The van der Waals surface area contributed by atoms with Crippen LogP contribution < -0.4 is 4.90 Å². The Hall–Kier alpha value is -1.91. The van der Waals surface area contributed by atoms with E-state index >= 15 is 0 Å². The van der Waals surface area contributed by atoms with Crippen molar-refractivity contribution in [3.63, 3.8) is 0 Å². The van der Waals surface area contributed by atoms with Gasteiger partial charge in [0.1, 0.15) is 5.82 Å². The minimum Gasteiger partial charge on any atom is -0.310 e. The molecule has 1 aliphatic rings. The molecule has 1 heterocycles. The molecular weight excluding hydrogens is 315 g/mol. The van der Waals surface area contributed by atoms with Crippen LogP contribution in [0, 0.1) is 5.82 Å². The summed E-state index contributed by atoms with van der Waals surface area (Å²) < 4.78 is 13.8. The first-order valence-corrected chi connectivity index (χ1v) is 7.98. The quantitative estimate of drug-likeness (QED) is 0.855. The fourth-order valence-corrected chi connectivity index (χ4v) is 2.98. The third-order valence-electron chi connectivity index (χ3n) is 4.25. The molecule has 1 amide bonds. The number of halogens is 2. The zero-order valence-corrected chi connectivity index (χ0v) is 13.6. The first-order valence-electron chi connectivity index (χ1n) is 7.60. The fourth-order valence-electron chi connectivity index (χ4n) is 2.85. The van der Waals surface area contributed by atoms with E-state index in [4.69, 9.17) is 11.6 Å². The highest BCUT2D eigenvalue weighted by Gasteiger charge is 2.32. The zero-order valence-electron chi connectivity index (χ0n) is 12.9. The number of hydrogen-bond donors (Lipinski definition) is 0.